The summed E-state index contributed by atoms with van der Waals surface area (Å²) in [7, 11) is 0. The highest BCUT2D eigenvalue weighted by atomic mass is 16.1. The summed E-state index contributed by atoms with van der Waals surface area (Å²) >= 11 is 0. The second-order valence-electron chi connectivity index (χ2n) is 3.02. The van der Waals surface area contributed by atoms with E-state index in [1.165, 1.54) is 0 Å². The molecular formula is C7H13NO. The van der Waals surface area contributed by atoms with Crippen molar-refractivity contribution in [2.75, 3.05) is 13.1 Å². The first-order valence-electron chi connectivity index (χ1n) is 3.44. The summed E-state index contributed by atoms with van der Waals surface area (Å²) in [6.07, 6.45) is 3.08. The predicted molar refractivity (Wildman–Crippen MR) is 36.3 cm³/mol. The van der Waals surface area contributed by atoms with Crippen molar-refractivity contribution in [1.82, 2.24) is 5.32 Å². The molecular weight excluding hydrogens is 114 g/mol. The van der Waals surface area contributed by atoms with E-state index in [0.717, 1.165) is 32.2 Å². The average Bonchev–Trinajstić information content (AvgIpc) is 1.90. The summed E-state index contributed by atoms with van der Waals surface area (Å²) in [5.41, 5.74) is -0.0226. The molecule has 1 rings (SSSR count). The quantitative estimate of drug-likeness (QED) is 0.522. The molecule has 9 heavy (non-hydrogen) atoms. The Morgan fingerprint density at radius 3 is 2.33 bits per heavy atom. The van der Waals surface area contributed by atoms with E-state index in [0.29, 0.717) is 0 Å². The molecule has 0 bridgehead atoms. The standard InChI is InChI=1S/C7H13NO/c1-7(6-9)2-4-8-5-3-7/h6,8H,2-5H2,1H3. The maximum atomic E-state index is 10.5. The molecule has 1 aliphatic rings. The van der Waals surface area contributed by atoms with Crippen LogP contribution in [0.5, 0.6) is 0 Å². The van der Waals surface area contributed by atoms with E-state index in [9.17, 15) is 4.79 Å². The van der Waals surface area contributed by atoms with Crippen LogP contribution in [0.25, 0.3) is 0 Å². The number of carbonyl (C=O) groups is 1. The fourth-order valence-electron chi connectivity index (χ4n) is 1.12. The van der Waals surface area contributed by atoms with Gasteiger partial charge in [0.05, 0.1) is 0 Å². The lowest BCUT2D eigenvalue weighted by molar-refractivity contribution is -0.116. The minimum absolute atomic E-state index is 0.0226. The molecule has 1 N–H and O–H groups in total. The van der Waals surface area contributed by atoms with Crippen molar-refractivity contribution in [2.45, 2.75) is 19.8 Å². The van der Waals surface area contributed by atoms with Crippen molar-refractivity contribution in [3.63, 3.8) is 0 Å². The van der Waals surface area contributed by atoms with Crippen molar-refractivity contribution < 1.29 is 4.79 Å². The number of hydrogen-bond donors (Lipinski definition) is 1. The molecule has 1 fully saturated rings. The fourth-order valence-corrected chi connectivity index (χ4v) is 1.12. The predicted octanol–water partition coefficient (Wildman–Crippen LogP) is 0.575. The van der Waals surface area contributed by atoms with E-state index in [2.05, 4.69) is 5.32 Å². The van der Waals surface area contributed by atoms with Crippen LogP contribution >= 0.6 is 0 Å². The fraction of sp³-hybridized carbons (Fsp3) is 0.857. The molecule has 0 spiro atoms. The van der Waals surface area contributed by atoms with Gasteiger partial charge >= 0.3 is 0 Å². The van der Waals surface area contributed by atoms with E-state index >= 15 is 0 Å². The Balaban J connectivity index is 2.46. The second kappa shape index (κ2) is 2.48. The highest BCUT2D eigenvalue weighted by molar-refractivity contribution is 5.58. The van der Waals surface area contributed by atoms with Crippen molar-refractivity contribution in [1.29, 1.82) is 0 Å². The van der Waals surface area contributed by atoms with Gasteiger partial charge in [0, 0.05) is 5.41 Å². The molecule has 0 saturated carbocycles. The Bertz CT molecular complexity index is 105. The molecule has 2 heteroatoms. The monoisotopic (exact) mass is 127 g/mol. The highest BCUT2D eigenvalue weighted by Crippen LogP contribution is 2.24. The zero-order chi connectivity index (χ0) is 6.74. The molecule has 52 valence electrons. The Labute approximate surface area is 55.6 Å². The third kappa shape index (κ3) is 1.52. The first-order valence-corrected chi connectivity index (χ1v) is 3.44. The zero-order valence-corrected chi connectivity index (χ0v) is 5.81. The van der Waals surface area contributed by atoms with Gasteiger partial charge < -0.3 is 10.1 Å². The number of piperidine rings is 1. The Hall–Kier alpha value is -0.370. The average molecular weight is 127 g/mol. The lowest BCUT2D eigenvalue weighted by atomic mass is 9.83. The lowest BCUT2D eigenvalue weighted by Gasteiger charge is -2.27. The number of nitrogens with one attached hydrogen (secondary N) is 1. The molecule has 0 aromatic rings. The summed E-state index contributed by atoms with van der Waals surface area (Å²) in [5.74, 6) is 0. The number of aldehydes is 1. The van der Waals surface area contributed by atoms with E-state index in [1.54, 1.807) is 0 Å². The molecule has 0 aliphatic carbocycles. The summed E-state index contributed by atoms with van der Waals surface area (Å²) < 4.78 is 0. The third-order valence-corrected chi connectivity index (χ3v) is 2.03. The number of hydrogen-bond acceptors (Lipinski definition) is 2. The van der Waals surface area contributed by atoms with Crippen molar-refractivity contribution in [3.8, 4) is 0 Å². The van der Waals surface area contributed by atoms with Crippen LogP contribution in [0.4, 0.5) is 0 Å². The molecule has 1 heterocycles. The van der Waals surface area contributed by atoms with Crippen LogP contribution < -0.4 is 5.32 Å². The van der Waals surface area contributed by atoms with Crippen LogP contribution in [-0.4, -0.2) is 19.4 Å². The smallest absolute Gasteiger partial charge is 0.125 e. The first kappa shape index (κ1) is 6.75. The van der Waals surface area contributed by atoms with Crippen LogP contribution in [-0.2, 0) is 4.79 Å². The SMILES string of the molecule is CC1(C=O)CCNCC1. The van der Waals surface area contributed by atoms with E-state index in [4.69, 9.17) is 0 Å². The van der Waals surface area contributed by atoms with Gasteiger partial charge in [-0.1, -0.05) is 6.92 Å². The van der Waals surface area contributed by atoms with Gasteiger partial charge in [0.25, 0.3) is 0 Å². The van der Waals surface area contributed by atoms with Crippen LogP contribution in [0.2, 0.25) is 0 Å². The van der Waals surface area contributed by atoms with Gasteiger partial charge in [-0.15, -0.1) is 0 Å². The van der Waals surface area contributed by atoms with Gasteiger partial charge in [0.1, 0.15) is 6.29 Å². The van der Waals surface area contributed by atoms with E-state index in [-0.39, 0.29) is 5.41 Å². The van der Waals surface area contributed by atoms with Crippen LogP contribution in [0.3, 0.4) is 0 Å². The Morgan fingerprint density at radius 1 is 1.44 bits per heavy atom. The number of carbonyl (C=O) groups excluding carboxylic acids is 1. The minimum atomic E-state index is -0.0226. The van der Waals surface area contributed by atoms with E-state index < -0.39 is 0 Å². The molecule has 0 aromatic carbocycles. The first-order chi connectivity index (χ1) is 4.27. The van der Waals surface area contributed by atoms with Gasteiger partial charge in [-0.25, -0.2) is 0 Å². The summed E-state index contributed by atoms with van der Waals surface area (Å²) in [6.45, 7) is 4.02. The minimum Gasteiger partial charge on any atom is -0.317 e. The molecule has 0 atom stereocenters. The number of rotatable bonds is 1. The van der Waals surface area contributed by atoms with E-state index in [1.807, 2.05) is 6.92 Å². The molecule has 0 aromatic heterocycles. The summed E-state index contributed by atoms with van der Waals surface area (Å²) in [5, 5.41) is 3.22. The summed E-state index contributed by atoms with van der Waals surface area (Å²) in [4.78, 5) is 10.5. The van der Waals surface area contributed by atoms with Crippen LogP contribution in [0.15, 0.2) is 0 Å². The Morgan fingerprint density at radius 2 is 2.00 bits per heavy atom. The van der Waals surface area contributed by atoms with Gasteiger partial charge in [-0.05, 0) is 25.9 Å². The van der Waals surface area contributed by atoms with Gasteiger partial charge in [0.2, 0.25) is 0 Å². The Kier molecular flexibility index (Phi) is 1.86. The van der Waals surface area contributed by atoms with Crippen LogP contribution in [0.1, 0.15) is 19.8 Å². The van der Waals surface area contributed by atoms with Crippen molar-refractivity contribution in [3.05, 3.63) is 0 Å². The lowest BCUT2D eigenvalue weighted by Crippen LogP contribution is -2.35. The largest absolute Gasteiger partial charge is 0.317 e. The molecule has 2 nitrogen and oxygen atoms in total. The van der Waals surface area contributed by atoms with Crippen LogP contribution in [0, 0.1) is 5.41 Å². The molecule has 0 unspecified atom stereocenters. The zero-order valence-electron chi connectivity index (χ0n) is 5.81. The normalized spacial score (nSPS) is 25.4. The second-order valence-corrected chi connectivity index (χ2v) is 3.02. The summed E-state index contributed by atoms with van der Waals surface area (Å²) in [6, 6.07) is 0. The topological polar surface area (TPSA) is 29.1 Å². The highest BCUT2D eigenvalue weighted by Gasteiger charge is 2.25. The third-order valence-electron chi connectivity index (χ3n) is 2.03. The molecule has 0 radical (unpaired) electrons. The van der Waals surface area contributed by atoms with Crippen molar-refractivity contribution in [2.24, 2.45) is 5.41 Å². The maximum Gasteiger partial charge on any atom is 0.125 e. The van der Waals surface area contributed by atoms with Gasteiger partial charge in [-0.3, -0.25) is 0 Å². The van der Waals surface area contributed by atoms with Gasteiger partial charge in [-0.2, -0.15) is 0 Å². The van der Waals surface area contributed by atoms with Gasteiger partial charge in [0.15, 0.2) is 0 Å². The molecule has 1 saturated heterocycles. The maximum absolute atomic E-state index is 10.5. The molecule has 1 aliphatic heterocycles. The molecule has 0 amide bonds. The van der Waals surface area contributed by atoms with Crippen molar-refractivity contribution >= 4 is 6.29 Å².